The van der Waals surface area contributed by atoms with Crippen molar-refractivity contribution in [2.45, 2.75) is 78.2 Å². The summed E-state index contributed by atoms with van der Waals surface area (Å²) >= 11 is 0. The van der Waals surface area contributed by atoms with Crippen LogP contribution in [0.15, 0.2) is 12.2 Å². The number of aliphatic hydroxyl groups is 1. The minimum Gasteiger partial charge on any atom is -0.393 e. The van der Waals surface area contributed by atoms with E-state index in [-0.39, 0.29) is 6.10 Å². The molecule has 0 aliphatic heterocycles. The summed E-state index contributed by atoms with van der Waals surface area (Å²) in [6.07, 6.45) is 10.2. The Balaban J connectivity index is 1.79. The van der Waals surface area contributed by atoms with Crippen LogP contribution in [0.5, 0.6) is 0 Å². The van der Waals surface area contributed by atoms with Gasteiger partial charge in [-0.05, 0) is 78.9 Å². The van der Waals surface area contributed by atoms with E-state index in [1.54, 1.807) is 0 Å². The first-order valence-electron chi connectivity index (χ1n) is 9.14. The quantitative estimate of drug-likeness (QED) is 0.626. The molecule has 0 heterocycles. The molecule has 2 bridgehead atoms. The second-order valence-corrected chi connectivity index (χ2v) is 9.83. The Kier molecular flexibility index (Phi) is 2.83. The lowest BCUT2D eigenvalue weighted by Gasteiger charge is -2.65. The summed E-state index contributed by atoms with van der Waals surface area (Å²) in [6, 6.07) is 0. The van der Waals surface area contributed by atoms with E-state index in [1.165, 1.54) is 50.5 Å². The van der Waals surface area contributed by atoms with Gasteiger partial charge in [0.2, 0.25) is 0 Å². The van der Waals surface area contributed by atoms with E-state index in [0.29, 0.717) is 22.2 Å². The Morgan fingerprint density at radius 2 is 1.86 bits per heavy atom. The molecule has 0 unspecified atom stereocenters. The molecule has 4 fully saturated rings. The second kappa shape index (κ2) is 4.16. The highest BCUT2D eigenvalue weighted by atomic mass is 16.3. The number of allylic oxidation sites excluding steroid dienone is 1. The Bertz CT molecular complexity index is 478. The van der Waals surface area contributed by atoms with Crippen LogP contribution >= 0.6 is 0 Å². The minimum atomic E-state index is -0.0915. The first-order valence-corrected chi connectivity index (χ1v) is 9.14. The average Bonchev–Trinajstić information content (AvgIpc) is 2.57. The molecule has 0 saturated heterocycles. The van der Waals surface area contributed by atoms with Gasteiger partial charge in [-0.1, -0.05) is 39.3 Å². The molecule has 1 spiro atoms. The van der Waals surface area contributed by atoms with E-state index in [2.05, 4.69) is 27.4 Å². The van der Waals surface area contributed by atoms with Gasteiger partial charge in [0.15, 0.2) is 0 Å². The summed E-state index contributed by atoms with van der Waals surface area (Å²) in [5.74, 6) is 2.10. The molecule has 0 aromatic rings. The van der Waals surface area contributed by atoms with Crippen molar-refractivity contribution in [3.8, 4) is 0 Å². The van der Waals surface area contributed by atoms with Crippen LogP contribution in [-0.4, -0.2) is 11.2 Å². The highest BCUT2D eigenvalue weighted by Gasteiger charge is 2.65. The van der Waals surface area contributed by atoms with Crippen LogP contribution < -0.4 is 0 Å². The van der Waals surface area contributed by atoms with Gasteiger partial charge in [-0.2, -0.15) is 0 Å². The van der Waals surface area contributed by atoms with Gasteiger partial charge in [0.25, 0.3) is 0 Å². The van der Waals surface area contributed by atoms with Crippen LogP contribution in [0.4, 0.5) is 0 Å². The molecular formula is C20H32O. The predicted octanol–water partition coefficient (Wildman–Crippen LogP) is 4.95. The van der Waals surface area contributed by atoms with Crippen molar-refractivity contribution in [2.24, 2.45) is 34.0 Å². The number of hydrogen-bond acceptors (Lipinski definition) is 1. The molecule has 1 heteroatoms. The SMILES string of the molecule is C=C1C[C@]23C[C@@H]1CC[C@H]2[C@@]1(C)CCCC(C)(C)[C@H]1[C@H](O)C3. The van der Waals surface area contributed by atoms with E-state index in [4.69, 9.17) is 0 Å². The van der Waals surface area contributed by atoms with Gasteiger partial charge in [0.1, 0.15) is 0 Å². The van der Waals surface area contributed by atoms with E-state index in [9.17, 15) is 5.11 Å². The predicted molar refractivity (Wildman–Crippen MR) is 86.9 cm³/mol. The third-order valence-corrected chi connectivity index (χ3v) is 8.24. The zero-order chi connectivity index (χ0) is 15.0. The van der Waals surface area contributed by atoms with Crippen LogP contribution in [0.25, 0.3) is 0 Å². The maximum Gasteiger partial charge on any atom is 0.0584 e. The fraction of sp³-hybridized carbons (Fsp3) is 0.900. The van der Waals surface area contributed by atoms with E-state index in [0.717, 1.165) is 18.3 Å². The first kappa shape index (κ1) is 14.3. The molecule has 4 aliphatic carbocycles. The van der Waals surface area contributed by atoms with Crippen LogP contribution in [0.3, 0.4) is 0 Å². The number of hydrogen-bond donors (Lipinski definition) is 1. The van der Waals surface area contributed by atoms with Crippen molar-refractivity contribution in [3.05, 3.63) is 12.2 Å². The monoisotopic (exact) mass is 288 g/mol. The van der Waals surface area contributed by atoms with Crippen molar-refractivity contribution in [2.75, 3.05) is 0 Å². The summed E-state index contributed by atoms with van der Waals surface area (Å²) in [4.78, 5) is 0. The fourth-order valence-corrected chi connectivity index (χ4v) is 7.89. The topological polar surface area (TPSA) is 20.2 Å². The summed E-state index contributed by atoms with van der Waals surface area (Å²) in [5.41, 5.74) is 2.56. The molecule has 0 aromatic carbocycles. The van der Waals surface area contributed by atoms with Crippen molar-refractivity contribution in [1.29, 1.82) is 0 Å². The van der Waals surface area contributed by atoms with Crippen LogP contribution in [-0.2, 0) is 0 Å². The van der Waals surface area contributed by atoms with Gasteiger partial charge < -0.3 is 5.11 Å². The van der Waals surface area contributed by atoms with Gasteiger partial charge in [0.05, 0.1) is 6.10 Å². The molecule has 1 nitrogen and oxygen atoms in total. The van der Waals surface area contributed by atoms with E-state index >= 15 is 0 Å². The first-order chi connectivity index (χ1) is 9.79. The Hall–Kier alpha value is -0.300. The largest absolute Gasteiger partial charge is 0.393 e. The summed E-state index contributed by atoms with van der Waals surface area (Å²) in [6.45, 7) is 11.7. The molecule has 4 aliphatic rings. The lowest BCUT2D eigenvalue weighted by molar-refractivity contribution is -0.197. The molecule has 0 radical (unpaired) electrons. The number of aliphatic hydroxyl groups excluding tert-OH is 1. The maximum atomic E-state index is 11.1. The molecule has 4 saturated carbocycles. The van der Waals surface area contributed by atoms with Crippen LogP contribution in [0, 0.1) is 34.0 Å². The summed E-state index contributed by atoms with van der Waals surface area (Å²) in [5, 5.41) is 11.1. The highest BCUT2D eigenvalue weighted by molar-refractivity contribution is 5.23. The lowest BCUT2D eigenvalue weighted by atomic mass is 9.40. The molecule has 4 rings (SSSR count). The smallest absolute Gasteiger partial charge is 0.0584 e. The van der Waals surface area contributed by atoms with Gasteiger partial charge in [0, 0.05) is 0 Å². The normalized spacial score (nSPS) is 55.0. The van der Waals surface area contributed by atoms with E-state index < -0.39 is 0 Å². The summed E-state index contributed by atoms with van der Waals surface area (Å²) in [7, 11) is 0. The molecule has 1 N–H and O–H groups in total. The summed E-state index contributed by atoms with van der Waals surface area (Å²) < 4.78 is 0. The molecule has 21 heavy (non-hydrogen) atoms. The third-order valence-electron chi connectivity index (χ3n) is 8.24. The third kappa shape index (κ3) is 1.73. The standard InChI is InChI=1S/C20H32O/c1-13-10-20-11-14(13)6-7-16(20)19(4)9-5-8-18(2,3)17(19)15(21)12-20/h14-17,21H,1,5-12H2,2-4H3/t14-,15+,16-,17+,19+,20+/m0/s1. The maximum absolute atomic E-state index is 11.1. The van der Waals surface area contributed by atoms with Gasteiger partial charge in [-0.25, -0.2) is 0 Å². The van der Waals surface area contributed by atoms with Crippen molar-refractivity contribution >= 4 is 0 Å². The van der Waals surface area contributed by atoms with Crippen molar-refractivity contribution in [1.82, 2.24) is 0 Å². The Morgan fingerprint density at radius 3 is 2.62 bits per heavy atom. The molecular weight excluding hydrogens is 256 g/mol. The van der Waals surface area contributed by atoms with Gasteiger partial charge >= 0.3 is 0 Å². The van der Waals surface area contributed by atoms with Gasteiger partial charge in [-0.15, -0.1) is 0 Å². The van der Waals surface area contributed by atoms with Gasteiger partial charge in [-0.3, -0.25) is 0 Å². The van der Waals surface area contributed by atoms with Crippen molar-refractivity contribution < 1.29 is 5.11 Å². The molecule has 6 atom stereocenters. The van der Waals surface area contributed by atoms with E-state index in [1.807, 2.05) is 0 Å². The Morgan fingerprint density at radius 1 is 1.10 bits per heavy atom. The highest BCUT2D eigenvalue weighted by Crippen LogP contribution is 2.71. The molecule has 118 valence electrons. The average molecular weight is 288 g/mol. The number of rotatable bonds is 0. The molecule has 0 aromatic heterocycles. The zero-order valence-electron chi connectivity index (χ0n) is 14.1. The number of fused-ring (bicyclic) bond motifs is 3. The molecule has 0 amide bonds. The zero-order valence-corrected chi connectivity index (χ0v) is 14.1. The minimum absolute atomic E-state index is 0.0915. The second-order valence-electron chi connectivity index (χ2n) is 9.83. The van der Waals surface area contributed by atoms with Crippen LogP contribution in [0.2, 0.25) is 0 Å². The van der Waals surface area contributed by atoms with Crippen molar-refractivity contribution in [3.63, 3.8) is 0 Å². The fourth-order valence-electron chi connectivity index (χ4n) is 7.89. The Labute approximate surface area is 130 Å². The van der Waals surface area contributed by atoms with Crippen LogP contribution in [0.1, 0.15) is 72.1 Å². The lowest BCUT2D eigenvalue weighted by Crippen LogP contribution is -2.61.